The molecule has 1 aromatic rings. The van der Waals surface area contributed by atoms with Crippen molar-refractivity contribution in [3.05, 3.63) is 52.4 Å². The van der Waals surface area contributed by atoms with Crippen LogP contribution in [0.25, 0.3) is 6.08 Å². The smallest absolute Gasteiger partial charge is 0.342 e. The summed E-state index contributed by atoms with van der Waals surface area (Å²) in [4.78, 5) is 25.9. The van der Waals surface area contributed by atoms with Gasteiger partial charge in [0.2, 0.25) is 5.91 Å². The molecule has 5 heteroatoms. The van der Waals surface area contributed by atoms with E-state index in [0.717, 1.165) is 48.8 Å². The lowest BCUT2D eigenvalue weighted by Crippen LogP contribution is -2.33. The van der Waals surface area contributed by atoms with Crippen LogP contribution in [0, 0.1) is 0 Å². The molecule has 2 rings (SSSR count). The van der Waals surface area contributed by atoms with E-state index in [1.54, 1.807) is 6.08 Å². The molecule has 1 fully saturated rings. The molecule has 1 saturated heterocycles. The molecule has 134 valence electrons. The van der Waals surface area contributed by atoms with Crippen molar-refractivity contribution in [2.75, 3.05) is 18.8 Å². The highest BCUT2D eigenvalue weighted by Crippen LogP contribution is 2.21. The van der Waals surface area contributed by atoms with Crippen LogP contribution in [0.15, 0.2) is 46.9 Å². The first kappa shape index (κ1) is 19.3. The van der Waals surface area contributed by atoms with Gasteiger partial charge in [-0.05, 0) is 37.0 Å². The van der Waals surface area contributed by atoms with E-state index < -0.39 is 5.97 Å². The number of benzene rings is 1. The second-order valence-corrected chi connectivity index (χ2v) is 7.21. The number of carboxylic acids is 1. The summed E-state index contributed by atoms with van der Waals surface area (Å²) >= 11 is 1.11. The van der Waals surface area contributed by atoms with Gasteiger partial charge < -0.3 is 10.0 Å². The van der Waals surface area contributed by atoms with Crippen LogP contribution in [-0.4, -0.2) is 40.7 Å². The lowest BCUT2D eigenvalue weighted by Gasteiger charge is -2.20. The second-order valence-electron chi connectivity index (χ2n) is 6.20. The predicted molar refractivity (Wildman–Crippen MR) is 103 cm³/mol. The third-order valence-corrected chi connectivity index (χ3v) is 5.07. The number of carboxylic acid groups (broad SMARTS) is 1. The van der Waals surface area contributed by atoms with E-state index >= 15 is 0 Å². The van der Waals surface area contributed by atoms with Crippen LogP contribution >= 0.6 is 11.8 Å². The fourth-order valence-corrected chi connectivity index (χ4v) is 3.63. The second kappa shape index (κ2) is 10.1. The maximum Gasteiger partial charge on any atom is 0.342 e. The first-order chi connectivity index (χ1) is 12.1. The monoisotopic (exact) mass is 359 g/mol. The van der Waals surface area contributed by atoms with Crippen molar-refractivity contribution < 1.29 is 14.7 Å². The zero-order chi connectivity index (χ0) is 18.1. The normalized spacial score (nSPS) is 16.4. The van der Waals surface area contributed by atoms with Gasteiger partial charge in [-0.25, -0.2) is 4.79 Å². The Kier molecular flexibility index (Phi) is 7.79. The number of thioether (sulfide) groups is 1. The molecule has 0 bridgehead atoms. The van der Waals surface area contributed by atoms with Gasteiger partial charge in [-0.15, -0.1) is 11.8 Å². The van der Waals surface area contributed by atoms with Crippen LogP contribution in [0.4, 0.5) is 0 Å². The van der Waals surface area contributed by atoms with Crippen LogP contribution in [0.1, 0.15) is 38.2 Å². The van der Waals surface area contributed by atoms with Crippen molar-refractivity contribution in [2.45, 2.75) is 32.6 Å². The summed E-state index contributed by atoms with van der Waals surface area (Å²) in [6.45, 7) is 3.45. The van der Waals surface area contributed by atoms with Gasteiger partial charge in [0.1, 0.15) is 0 Å². The van der Waals surface area contributed by atoms with E-state index in [4.69, 9.17) is 0 Å². The zero-order valence-corrected chi connectivity index (χ0v) is 15.4. The molecule has 1 aliphatic heterocycles. The van der Waals surface area contributed by atoms with Gasteiger partial charge in [0, 0.05) is 13.1 Å². The Balaban J connectivity index is 1.99. The number of hydrogen-bond donors (Lipinski definition) is 1. The molecular weight excluding hydrogens is 334 g/mol. The van der Waals surface area contributed by atoms with Gasteiger partial charge in [-0.2, -0.15) is 0 Å². The maximum absolute atomic E-state index is 12.3. The van der Waals surface area contributed by atoms with Crippen molar-refractivity contribution in [1.82, 2.24) is 4.90 Å². The molecular formula is C20H25NO3S. The fraction of sp³-hybridized carbons (Fsp3) is 0.400. The maximum atomic E-state index is 12.3. The predicted octanol–water partition coefficient (Wildman–Crippen LogP) is 4.19. The molecule has 0 saturated carbocycles. The molecule has 1 aromatic carbocycles. The summed E-state index contributed by atoms with van der Waals surface area (Å²) in [6.07, 6.45) is 7.98. The molecule has 0 aromatic heterocycles. The Bertz CT molecular complexity index is 644. The molecule has 4 nitrogen and oxygen atoms in total. The summed E-state index contributed by atoms with van der Waals surface area (Å²) in [6, 6.07) is 9.75. The van der Waals surface area contributed by atoms with E-state index in [2.05, 4.69) is 0 Å². The fourth-order valence-electron chi connectivity index (χ4n) is 2.78. The van der Waals surface area contributed by atoms with Gasteiger partial charge in [0.05, 0.1) is 10.7 Å². The van der Waals surface area contributed by atoms with Gasteiger partial charge in [0.15, 0.2) is 0 Å². The molecule has 0 atom stereocenters. The summed E-state index contributed by atoms with van der Waals surface area (Å²) < 4.78 is 0. The highest BCUT2D eigenvalue weighted by atomic mass is 32.2. The number of hydrogen-bond acceptors (Lipinski definition) is 3. The number of rotatable bonds is 6. The Hall–Kier alpha value is -2.01. The molecule has 1 heterocycles. The standard InChI is InChI=1S/C20H25NO3S/c1-16(13-17-9-5-4-6-10-17)14-18(20(23)24)25-15-19(22)21-11-7-2-3-8-12-21/h4-6,9-10,13-14H,2-3,7-8,11-12,15H2,1H3,(H,23,24)/b16-13+,18-14+. The minimum Gasteiger partial charge on any atom is -0.477 e. The number of likely N-dealkylation sites (tertiary alicyclic amines) is 1. The average Bonchev–Trinajstić information content (AvgIpc) is 2.88. The summed E-state index contributed by atoms with van der Waals surface area (Å²) in [5.74, 6) is -0.783. The number of carbonyl (C=O) groups is 2. The molecule has 0 radical (unpaired) electrons. The Morgan fingerprint density at radius 3 is 2.36 bits per heavy atom. The highest BCUT2D eigenvalue weighted by molar-refractivity contribution is 8.04. The molecule has 1 aliphatic rings. The third-order valence-electron chi connectivity index (χ3n) is 4.07. The van der Waals surface area contributed by atoms with Crippen LogP contribution in [0.3, 0.4) is 0 Å². The molecule has 25 heavy (non-hydrogen) atoms. The van der Waals surface area contributed by atoms with Gasteiger partial charge in [0.25, 0.3) is 0 Å². The van der Waals surface area contributed by atoms with Gasteiger partial charge in [-0.3, -0.25) is 4.79 Å². The average molecular weight is 359 g/mol. The van der Waals surface area contributed by atoms with E-state index in [0.29, 0.717) is 0 Å². The van der Waals surface area contributed by atoms with Crippen molar-refractivity contribution in [3.63, 3.8) is 0 Å². The molecule has 1 N–H and O–H groups in total. The molecule has 0 spiro atoms. The topological polar surface area (TPSA) is 57.6 Å². The van der Waals surface area contributed by atoms with E-state index in [9.17, 15) is 14.7 Å². The molecule has 1 amide bonds. The van der Waals surface area contributed by atoms with Gasteiger partial charge in [-0.1, -0.05) is 49.2 Å². The first-order valence-electron chi connectivity index (χ1n) is 8.65. The van der Waals surface area contributed by atoms with Crippen molar-refractivity contribution >= 4 is 29.7 Å². The number of allylic oxidation sites excluding steroid dienone is 2. The Morgan fingerprint density at radius 1 is 1.12 bits per heavy atom. The third kappa shape index (κ3) is 6.78. The summed E-state index contributed by atoms with van der Waals surface area (Å²) in [7, 11) is 0. The minimum absolute atomic E-state index is 0.0312. The van der Waals surface area contributed by atoms with Crippen LogP contribution < -0.4 is 0 Å². The Morgan fingerprint density at radius 2 is 1.76 bits per heavy atom. The van der Waals surface area contributed by atoms with Crippen molar-refractivity contribution in [3.8, 4) is 0 Å². The van der Waals surface area contributed by atoms with Crippen LogP contribution in [0.2, 0.25) is 0 Å². The lowest BCUT2D eigenvalue weighted by atomic mass is 10.1. The van der Waals surface area contributed by atoms with Crippen LogP contribution in [0.5, 0.6) is 0 Å². The number of nitrogens with zero attached hydrogens (tertiary/aromatic N) is 1. The quantitative estimate of drug-likeness (QED) is 0.611. The minimum atomic E-state index is -0.991. The largest absolute Gasteiger partial charge is 0.477 e. The molecule has 0 unspecified atom stereocenters. The number of carbonyl (C=O) groups excluding carboxylic acids is 1. The molecule has 0 aliphatic carbocycles. The Labute approximate surface area is 153 Å². The SMILES string of the molecule is CC(=C\c1ccccc1)/C=C(/SCC(=O)N1CCCCCC1)C(=O)O. The van der Waals surface area contributed by atoms with Gasteiger partial charge >= 0.3 is 5.97 Å². The number of amides is 1. The zero-order valence-electron chi connectivity index (χ0n) is 14.6. The van der Waals surface area contributed by atoms with E-state index in [1.807, 2.05) is 48.2 Å². The van der Waals surface area contributed by atoms with Crippen LogP contribution in [-0.2, 0) is 9.59 Å². The number of aliphatic carboxylic acids is 1. The van der Waals surface area contributed by atoms with E-state index in [1.165, 1.54) is 12.8 Å². The van der Waals surface area contributed by atoms with E-state index in [-0.39, 0.29) is 16.6 Å². The lowest BCUT2D eigenvalue weighted by molar-refractivity contribution is -0.131. The highest BCUT2D eigenvalue weighted by Gasteiger charge is 2.17. The first-order valence-corrected chi connectivity index (χ1v) is 9.64. The summed E-state index contributed by atoms with van der Waals surface area (Å²) in [5.41, 5.74) is 1.87. The summed E-state index contributed by atoms with van der Waals surface area (Å²) in [5, 5.41) is 9.42. The van der Waals surface area contributed by atoms with Crippen molar-refractivity contribution in [1.29, 1.82) is 0 Å². The van der Waals surface area contributed by atoms with Crippen molar-refractivity contribution in [2.24, 2.45) is 0 Å².